The van der Waals surface area contributed by atoms with Crippen LogP contribution in [0, 0.1) is 5.82 Å². The van der Waals surface area contributed by atoms with E-state index in [4.69, 9.17) is 0 Å². The SMILES string of the molecule is Fc1cc(Br)ccc1CNC1CCCCCCC1. The van der Waals surface area contributed by atoms with Crippen LogP contribution in [0.1, 0.15) is 50.5 Å². The molecule has 0 spiro atoms. The van der Waals surface area contributed by atoms with E-state index in [-0.39, 0.29) is 5.82 Å². The molecule has 0 saturated heterocycles. The Bertz CT molecular complexity index is 373. The molecule has 0 atom stereocenters. The minimum Gasteiger partial charge on any atom is -0.310 e. The van der Waals surface area contributed by atoms with Gasteiger partial charge in [0.25, 0.3) is 0 Å². The monoisotopic (exact) mass is 313 g/mol. The molecule has 100 valence electrons. The van der Waals surface area contributed by atoms with Crippen LogP contribution in [0.25, 0.3) is 0 Å². The van der Waals surface area contributed by atoms with E-state index in [1.807, 2.05) is 12.1 Å². The minimum atomic E-state index is -0.122. The Labute approximate surface area is 117 Å². The predicted octanol–water partition coefficient (Wildman–Crippen LogP) is 4.79. The standard InChI is InChI=1S/C15H21BrFN/c16-13-9-8-12(15(17)10-13)11-18-14-6-4-2-1-3-5-7-14/h8-10,14,18H,1-7,11H2. The van der Waals surface area contributed by atoms with E-state index in [0.717, 1.165) is 10.0 Å². The third kappa shape index (κ3) is 4.36. The third-order valence-electron chi connectivity index (χ3n) is 3.70. The molecule has 0 aliphatic heterocycles. The summed E-state index contributed by atoms with van der Waals surface area (Å²) in [5, 5.41) is 3.51. The van der Waals surface area contributed by atoms with Crippen molar-refractivity contribution in [1.82, 2.24) is 5.32 Å². The molecule has 1 aromatic carbocycles. The second kappa shape index (κ2) is 7.25. The molecule has 0 aromatic heterocycles. The zero-order valence-electron chi connectivity index (χ0n) is 10.7. The molecule has 0 heterocycles. The van der Waals surface area contributed by atoms with E-state index >= 15 is 0 Å². The summed E-state index contributed by atoms with van der Waals surface area (Å²) in [7, 11) is 0. The molecule has 2 rings (SSSR count). The molecule has 1 aliphatic rings. The minimum absolute atomic E-state index is 0.122. The summed E-state index contributed by atoms with van der Waals surface area (Å²) in [5.41, 5.74) is 0.764. The highest BCUT2D eigenvalue weighted by atomic mass is 79.9. The zero-order chi connectivity index (χ0) is 12.8. The van der Waals surface area contributed by atoms with Gasteiger partial charge in [0.15, 0.2) is 0 Å². The first-order valence-corrected chi connectivity index (χ1v) is 7.72. The van der Waals surface area contributed by atoms with Crippen LogP contribution in [0.15, 0.2) is 22.7 Å². The number of nitrogens with one attached hydrogen (secondary N) is 1. The highest BCUT2D eigenvalue weighted by molar-refractivity contribution is 9.10. The molecular weight excluding hydrogens is 293 g/mol. The van der Waals surface area contributed by atoms with Crippen LogP contribution in [0.3, 0.4) is 0 Å². The molecule has 0 unspecified atom stereocenters. The van der Waals surface area contributed by atoms with Gasteiger partial charge < -0.3 is 5.32 Å². The van der Waals surface area contributed by atoms with Gasteiger partial charge in [0.1, 0.15) is 5.82 Å². The molecule has 0 bridgehead atoms. The van der Waals surface area contributed by atoms with Gasteiger partial charge in [-0.05, 0) is 25.0 Å². The van der Waals surface area contributed by atoms with Crippen molar-refractivity contribution in [3.05, 3.63) is 34.1 Å². The lowest BCUT2D eigenvalue weighted by Crippen LogP contribution is -2.29. The second-order valence-electron chi connectivity index (χ2n) is 5.16. The zero-order valence-corrected chi connectivity index (χ0v) is 12.3. The maximum atomic E-state index is 13.7. The van der Waals surface area contributed by atoms with Gasteiger partial charge in [-0.15, -0.1) is 0 Å². The van der Waals surface area contributed by atoms with Gasteiger partial charge in [0.05, 0.1) is 0 Å². The number of rotatable bonds is 3. The van der Waals surface area contributed by atoms with Crippen molar-refractivity contribution in [2.75, 3.05) is 0 Å². The van der Waals surface area contributed by atoms with E-state index in [0.29, 0.717) is 12.6 Å². The summed E-state index contributed by atoms with van der Waals surface area (Å²) in [6.45, 7) is 0.643. The van der Waals surface area contributed by atoms with Crippen molar-refractivity contribution in [2.45, 2.75) is 57.5 Å². The lowest BCUT2D eigenvalue weighted by Gasteiger charge is -2.21. The molecule has 18 heavy (non-hydrogen) atoms. The summed E-state index contributed by atoms with van der Waals surface area (Å²) < 4.78 is 14.5. The van der Waals surface area contributed by atoms with Crippen molar-refractivity contribution < 1.29 is 4.39 Å². The number of benzene rings is 1. The molecule has 1 N–H and O–H groups in total. The van der Waals surface area contributed by atoms with Crippen molar-refractivity contribution >= 4 is 15.9 Å². The molecule has 0 radical (unpaired) electrons. The van der Waals surface area contributed by atoms with Gasteiger partial charge in [0, 0.05) is 22.6 Å². The summed E-state index contributed by atoms with van der Waals surface area (Å²) >= 11 is 3.28. The normalized spacial score (nSPS) is 18.3. The Morgan fingerprint density at radius 3 is 2.44 bits per heavy atom. The van der Waals surface area contributed by atoms with Crippen molar-refractivity contribution in [3.8, 4) is 0 Å². The molecule has 1 aromatic rings. The molecule has 3 heteroatoms. The summed E-state index contributed by atoms with van der Waals surface area (Å²) in [5.74, 6) is -0.122. The Balaban J connectivity index is 1.85. The van der Waals surface area contributed by atoms with Gasteiger partial charge in [-0.3, -0.25) is 0 Å². The maximum Gasteiger partial charge on any atom is 0.128 e. The molecule has 1 nitrogen and oxygen atoms in total. The first-order chi connectivity index (χ1) is 8.75. The van der Waals surface area contributed by atoms with E-state index in [1.54, 1.807) is 0 Å². The topological polar surface area (TPSA) is 12.0 Å². The summed E-state index contributed by atoms with van der Waals surface area (Å²) in [4.78, 5) is 0. The molecule has 1 fully saturated rings. The first kappa shape index (κ1) is 14.0. The Hall–Kier alpha value is -0.410. The Morgan fingerprint density at radius 2 is 1.78 bits per heavy atom. The molecule has 1 saturated carbocycles. The first-order valence-electron chi connectivity index (χ1n) is 6.93. The fourth-order valence-electron chi connectivity index (χ4n) is 2.58. The van der Waals surface area contributed by atoms with E-state index in [1.165, 1.54) is 51.0 Å². The van der Waals surface area contributed by atoms with Crippen LogP contribution < -0.4 is 5.32 Å². The lowest BCUT2D eigenvalue weighted by molar-refractivity contribution is 0.386. The van der Waals surface area contributed by atoms with Crippen LogP contribution in [0.5, 0.6) is 0 Å². The van der Waals surface area contributed by atoms with Crippen LogP contribution in [-0.4, -0.2) is 6.04 Å². The van der Waals surface area contributed by atoms with E-state index in [2.05, 4.69) is 21.2 Å². The smallest absolute Gasteiger partial charge is 0.128 e. The van der Waals surface area contributed by atoms with Crippen LogP contribution >= 0.6 is 15.9 Å². The van der Waals surface area contributed by atoms with Gasteiger partial charge in [0.2, 0.25) is 0 Å². The third-order valence-corrected chi connectivity index (χ3v) is 4.19. The van der Waals surface area contributed by atoms with Crippen LogP contribution in [-0.2, 0) is 6.54 Å². The average molecular weight is 314 g/mol. The second-order valence-corrected chi connectivity index (χ2v) is 6.07. The summed E-state index contributed by atoms with van der Waals surface area (Å²) in [6, 6.07) is 5.86. The van der Waals surface area contributed by atoms with Gasteiger partial charge >= 0.3 is 0 Å². The number of hydrogen-bond donors (Lipinski definition) is 1. The van der Waals surface area contributed by atoms with Gasteiger partial charge in [-0.1, -0.05) is 54.1 Å². The summed E-state index contributed by atoms with van der Waals surface area (Å²) in [6.07, 6.45) is 9.17. The maximum absolute atomic E-state index is 13.7. The van der Waals surface area contributed by atoms with Gasteiger partial charge in [-0.2, -0.15) is 0 Å². The van der Waals surface area contributed by atoms with Crippen molar-refractivity contribution in [2.24, 2.45) is 0 Å². The number of hydrogen-bond acceptors (Lipinski definition) is 1. The van der Waals surface area contributed by atoms with Crippen molar-refractivity contribution in [1.29, 1.82) is 0 Å². The Morgan fingerprint density at radius 1 is 1.11 bits per heavy atom. The quantitative estimate of drug-likeness (QED) is 0.846. The van der Waals surface area contributed by atoms with E-state index in [9.17, 15) is 4.39 Å². The van der Waals surface area contributed by atoms with E-state index < -0.39 is 0 Å². The van der Waals surface area contributed by atoms with Crippen LogP contribution in [0.2, 0.25) is 0 Å². The fraction of sp³-hybridized carbons (Fsp3) is 0.600. The largest absolute Gasteiger partial charge is 0.310 e. The Kier molecular flexibility index (Phi) is 5.64. The number of halogens is 2. The van der Waals surface area contributed by atoms with Gasteiger partial charge in [-0.25, -0.2) is 4.39 Å². The predicted molar refractivity (Wildman–Crippen MR) is 77.0 cm³/mol. The van der Waals surface area contributed by atoms with Crippen molar-refractivity contribution in [3.63, 3.8) is 0 Å². The lowest BCUT2D eigenvalue weighted by atomic mass is 9.96. The molecular formula is C15H21BrFN. The molecule has 1 aliphatic carbocycles. The fourth-order valence-corrected chi connectivity index (χ4v) is 2.91. The van der Waals surface area contributed by atoms with Crippen LogP contribution in [0.4, 0.5) is 4.39 Å². The highest BCUT2D eigenvalue weighted by Gasteiger charge is 2.11. The average Bonchev–Trinajstić information content (AvgIpc) is 2.29. The highest BCUT2D eigenvalue weighted by Crippen LogP contribution is 2.19. The molecule has 0 amide bonds.